The fourth-order valence-electron chi connectivity index (χ4n) is 1.61. The molecule has 0 aliphatic carbocycles. The fraction of sp³-hybridized carbons (Fsp3) is 0.556. The van der Waals surface area contributed by atoms with Crippen LogP contribution in [0.15, 0.2) is 24.3 Å². The summed E-state index contributed by atoms with van der Waals surface area (Å²) in [4.78, 5) is 23.9. The van der Waals surface area contributed by atoms with Crippen molar-refractivity contribution in [2.45, 2.75) is 46.5 Å². The van der Waals surface area contributed by atoms with Gasteiger partial charge in [0.1, 0.15) is 0 Å². The lowest BCUT2D eigenvalue weighted by Gasteiger charge is -2.09. The molecule has 0 aromatic heterocycles. The third kappa shape index (κ3) is 8.96. The van der Waals surface area contributed by atoms with Gasteiger partial charge in [-0.2, -0.15) is 0 Å². The van der Waals surface area contributed by atoms with Crippen LogP contribution in [0, 0.1) is 0 Å². The van der Waals surface area contributed by atoms with E-state index < -0.39 is 11.9 Å². The molecule has 0 N–H and O–H groups in total. The summed E-state index contributed by atoms with van der Waals surface area (Å²) < 4.78 is 20.6. The normalized spacial score (nSPS) is 9.57. The molecule has 0 fully saturated rings. The molecule has 0 aliphatic rings. The molecule has 0 spiro atoms. The molecule has 1 aromatic rings. The SMILES string of the molecule is CCCCOC(=O)c1ccccc1C(=O)OCCCC.CCF. The average Bonchev–Trinajstić information content (AvgIpc) is 2.56. The maximum Gasteiger partial charge on any atom is 0.339 e. The molecule has 23 heavy (non-hydrogen) atoms. The number of carbonyl (C=O) groups is 2. The Kier molecular flexibility index (Phi) is 12.6. The zero-order valence-corrected chi connectivity index (χ0v) is 14.3. The van der Waals surface area contributed by atoms with E-state index in [2.05, 4.69) is 0 Å². The molecule has 0 heterocycles. The quantitative estimate of drug-likeness (QED) is 0.518. The molecular weight excluding hydrogens is 299 g/mol. The zero-order chi connectivity index (χ0) is 17.5. The predicted molar refractivity (Wildman–Crippen MR) is 88.5 cm³/mol. The lowest BCUT2D eigenvalue weighted by atomic mass is 10.1. The van der Waals surface area contributed by atoms with Gasteiger partial charge < -0.3 is 9.47 Å². The van der Waals surface area contributed by atoms with Gasteiger partial charge in [0.05, 0.1) is 31.0 Å². The number of hydrogen-bond acceptors (Lipinski definition) is 4. The van der Waals surface area contributed by atoms with Gasteiger partial charge in [0.2, 0.25) is 0 Å². The van der Waals surface area contributed by atoms with E-state index in [1.54, 1.807) is 24.3 Å². The van der Waals surface area contributed by atoms with Crippen LogP contribution in [0.3, 0.4) is 0 Å². The number of halogens is 1. The first-order chi connectivity index (χ1) is 11.1. The second-order valence-corrected chi connectivity index (χ2v) is 4.79. The highest BCUT2D eigenvalue weighted by Crippen LogP contribution is 2.12. The molecule has 0 amide bonds. The van der Waals surface area contributed by atoms with Crippen LogP contribution in [-0.2, 0) is 9.47 Å². The van der Waals surface area contributed by atoms with E-state index in [4.69, 9.17) is 9.47 Å². The maximum absolute atomic E-state index is 11.9. The standard InChI is InChI=1S/C16H22O4.C2H5F/c1-3-5-11-19-15(17)13-9-7-8-10-14(13)16(18)20-12-6-4-2;1-2-3/h7-10H,3-6,11-12H2,1-2H3;2H2,1H3. The number of rotatable bonds is 8. The number of benzene rings is 1. The summed E-state index contributed by atoms with van der Waals surface area (Å²) in [5.74, 6) is -0.942. The first-order valence-electron chi connectivity index (χ1n) is 8.11. The van der Waals surface area contributed by atoms with Crippen LogP contribution in [0.5, 0.6) is 0 Å². The van der Waals surface area contributed by atoms with Crippen LogP contribution in [0.2, 0.25) is 0 Å². The van der Waals surface area contributed by atoms with E-state index in [1.807, 2.05) is 13.8 Å². The van der Waals surface area contributed by atoms with Gasteiger partial charge in [0, 0.05) is 0 Å². The molecule has 0 aliphatic heterocycles. The second-order valence-electron chi connectivity index (χ2n) is 4.79. The molecule has 0 saturated heterocycles. The van der Waals surface area contributed by atoms with Gasteiger partial charge in [-0.25, -0.2) is 9.59 Å². The molecule has 4 nitrogen and oxygen atoms in total. The number of alkyl halides is 1. The lowest BCUT2D eigenvalue weighted by Crippen LogP contribution is -2.14. The minimum atomic E-state index is -0.471. The van der Waals surface area contributed by atoms with E-state index in [-0.39, 0.29) is 17.8 Å². The van der Waals surface area contributed by atoms with Crippen LogP contribution >= 0.6 is 0 Å². The van der Waals surface area contributed by atoms with E-state index >= 15 is 0 Å². The van der Waals surface area contributed by atoms with Crippen molar-refractivity contribution >= 4 is 11.9 Å². The van der Waals surface area contributed by atoms with Gasteiger partial charge in [-0.15, -0.1) is 0 Å². The Hall–Kier alpha value is -1.91. The van der Waals surface area contributed by atoms with Gasteiger partial charge in [0.15, 0.2) is 0 Å². The zero-order valence-electron chi connectivity index (χ0n) is 14.3. The van der Waals surface area contributed by atoms with Crippen LogP contribution in [0.25, 0.3) is 0 Å². The Morgan fingerprint density at radius 2 is 1.22 bits per heavy atom. The Balaban J connectivity index is 0.00000149. The van der Waals surface area contributed by atoms with E-state index in [0.717, 1.165) is 25.7 Å². The monoisotopic (exact) mass is 326 g/mol. The second kappa shape index (κ2) is 13.7. The van der Waals surface area contributed by atoms with Crippen molar-refractivity contribution in [3.8, 4) is 0 Å². The van der Waals surface area contributed by atoms with Crippen molar-refractivity contribution in [3.63, 3.8) is 0 Å². The molecule has 0 atom stereocenters. The van der Waals surface area contributed by atoms with Crippen molar-refractivity contribution in [2.75, 3.05) is 19.9 Å². The van der Waals surface area contributed by atoms with Crippen LogP contribution in [0.1, 0.15) is 67.2 Å². The average molecular weight is 326 g/mol. The Labute approximate surface area is 138 Å². The minimum Gasteiger partial charge on any atom is -0.462 e. The topological polar surface area (TPSA) is 52.6 Å². The van der Waals surface area contributed by atoms with Crippen molar-refractivity contribution in [1.82, 2.24) is 0 Å². The molecule has 1 aromatic carbocycles. The van der Waals surface area contributed by atoms with E-state index in [9.17, 15) is 14.0 Å². The van der Waals surface area contributed by atoms with Gasteiger partial charge in [0.25, 0.3) is 0 Å². The Morgan fingerprint density at radius 3 is 1.52 bits per heavy atom. The summed E-state index contributed by atoms with van der Waals surface area (Å²) >= 11 is 0. The molecule has 0 saturated carbocycles. The molecule has 1 rings (SSSR count). The van der Waals surface area contributed by atoms with Crippen LogP contribution in [0.4, 0.5) is 4.39 Å². The predicted octanol–water partition coefficient (Wildman–Crippen LogP) is 4.58. The summed E-state index contributed by atoms with van der Waals surface area (Å²) in [6.07, 6.45) is 3.53. The van der Waals surface area contributed by atoms with Gasteiger partial charge >= 0.3 is 11.9 Å². The summed E-state index contributed by atoms with van der Waals surface area (Å²) in [6.45, 7) is 5.99. The van der Waals surface area contributed by atoms with Crippen LogP contribution < -0.4 is 0 Å². The molecule has 0 radical (unpaired) electrons. The van der Waals surface area contributed by atoms with Gasteiger partial charge in [-0.3, -0.25) is 4.39 Å². The number of carbonyl (C=O) groups excluding carboxylic acids is 2. The van der Waals surface area contributed by atoms with Crippen LogP contribution in [-0.4, -0.2) is 31.8 Å². The number of unbranched alkanes of at least 4 members (excludes halogenated alkanes) is 2. The Bertz CT molecular complexity index is 419. The summed E-state index contributed by atoms with van der Waals surface area (Å²) in [5.41, 5.74) is 0.537. The van der Waals surface area contributed by atoms with Gasteiger partial charge in [-0.05, 0) is 31.9 Å². The first kappa shape index (κ1) is 21.1. The summed E-state index contributed by atoms with van der Waals surface area (Å²) in [6, 6.07) is 6.59. The highest BCUT2D eigenvalue weighted by Gasteiger charge is 2.18. The lowest BCUT2D eigenvalue weighted by molar-refractivity contribution is 0.0452. The third-order valence-corrected chi connectivity index (χ3v) is 2.83. The summed E-state index contributed by atoms with van der Waals surface area (Å²) in [7, 11) is 0. The Morgan fingerprint density at radius 1 is 0.870 bits per heavy atom. The highest BCUT2D eigenvalue weighted by molar-refractivity contribution is 6.03. The molecule has 0 bridgehead atoms. The third-order valence-electron chi connectivity index (χ3n) is 2.83. The summed E-state index contributed by atoms with van der Waals surface area (Å²) in [5, 5.41) is 0. The number of ether oxygens (including phenoxy) is 2. The van der Waals surface area contributed by atoms with Crippen molar-refractivity contribution in [2.24, 2.45) is 0 Å². The maximum atomic E-state index is 11.9. The van der Waals surface area contributed by atoms with E-state index in [1.165, 1.54) is 6.92 Å². The molecular formula is C18H27FO4. The minimum absolute atomic E-state index is 0.250. The highest BCUT2D eigenvalue weighted by atomic mass is 19.1. The fourth-order valence-corrected chi connectivity index (χ4v) is 1.61. The molecule has 5 heteroatoms. The smallest absolute Gasteiger partial charge is 0.339 e. The molecule has 0 unspecified atom stereocenters. The largest absolute Gasteiger partial charge is 0.462 e. The molecule has 130 valence electrons. The van der Waals surface area contributed by atoms with Crippen molar-refractivity contribution in [3.05, 3.63) is 35.4 Å². The van der Waals surface area contributed by atoms with Crippen molar-refractivity contribution in [1.29, 1.82) is 0 Å². The van der Waals surface area contributed by atoms with Crippen molar-refractivity contribution < 1.29 is 23.5 Å². The van der Waals surface area contributed by atoms with E-state index in [0.29, 0.717) is 13.2 Å². The number of hydrogen-bond donors (Lipinski definition) is 0. The van der Waals surface area contributed by atoms with Gasteiger partial charge in [-0.1, -0.05) is 38.8 Å². The first-order valence-corrected chi connectivity index (χ1v) is 8.11. The number of esters is 2.